The topological polar surface area (TPSA) is 37.8 Å². The van der Waals surface area contributed by atoms with E-state index in [4.69, 9.17) is 4.98 Å². The number of hydrogen-bond donors (Lipinski definition) is 1. The standard InChI is InChI=1S/C18H19N3/c1-12(2)14-6-9-16-17(10-14)20-11-18(21-16)13-4-7-15(19-3)8-5-13/h4-12,19H,1-3H3. The van der Waals surface area contributed by atoms with Crippen LogP contribution < -0.4 is 5.32 Å². The molecular formula is C18H19N3. The molecule has 3 heteroatoms. The summed E-state index contributed by atoms with van der Waals surface area (Å²) >= 11 is 0. The monoisotopic (exact) mass is 277 g/mol. The molecule has 0 unspecified atom stereocenters. The number of anilines is 1. The van der Waals surface area contributed by atoms with Crippen molar-refractivity contribution in [3.63, 3.8) is 0 Å². The molecule has 1 N–H and O–H groups in total. The summed E-state index contributed by atoms with van der Waals surface area (Å²) in [5, 5.41) is 3.12. The molecule has 0 bridgehead atoms. The van der Waals surface area contributed by atoms with E-state index in [1.54, 1.807) is 0 Å². The van der Waals surface area contributed by atoms with E-state index in [-0.39, 0.29) is 0 Å². The minimum atomic E-state index is 0.505. The van der Waals surface area contributed by atoms with Crippen molar-refractivity contribution in [2.75, 3.05) is 12.4 Å². The molecule has 3 rings (SSSR count). The van der Waals surface area contributed by atoms with Crippen molar-refractivity contribution >= 4 is 16.7 Å². The molecule has 0 atom stereocenters. The molecule has 0 radical (unpaired) electrons. The van der Waals surface area contributed by atoms with Crippen molar-refractivity contribution < 1.29 is 0 Å². The zero-order chi connectivity index (χ0) is 14.8. The normalized spacial score (nSPS) is 11.0. The molecule has 3 nitrogen and oxygen atoms in total. The Morgan fingerprint density at radius 3 is 2.38 bits per heavy atom. The Labute approximate surface area is 125 Å². The third kappa shape index (κ3) is 2.72. The van der Waals surface area contributed by atoms with Gasteiger partial charge in [-0.1, -0.05) is 32.0 Å². The lowest BCUT2D eigenvalue weighted by Gasteiger charge is -2.08. The molecule has 0 spiro atoms. The summed E-state index contributed by atoms with van der Waals surface area (Å²) in [6, 6.07) is 14.5. The molecule has 0 aliphatic heterocycles. The molecule has 2 aromatic carbocycles. The van der Waals surface area contributed by atoms with E-state index in [0.717, 1.165) is 28.0 Å². The molecule has 1 heterocycles. The van der Waals surface area contributed by atoms with Crippen LogP contribution in [-0.4, -0.2) is 17.0 Å². The summed E-state index contributed by atoms with van der Waals surface area (Å²) < 4.78 is 0. The fraction of sp³-hybridized carbons (Fsp3) is 0.222. The maximum absolute atomic E-state index is 4.72. The van der Waals surface area contributed by atoms with Crippen molar-refractivity contribution in [1.82, 2.24) is 9.97 Å². The maximum Gasteiger partial charge on any atom is 0.0894 e. The highest BCUT2D eigenvalue weighted by Crippen LogP contribution is 2.23. The average Bonchev–Trinajstić information content (AvgIpc) is 2.54. The van der Waals surface area contributed by atoms with Gasteiger partial charge >= 0.3 is 0 Å². The predicted molar refractivity (Wildman–Crippen MR) is 88.6 cm³/mol. The zero-order valence-corrected chi connectivity index (χ0v) is 12.6. The van der Waals surface area contributed by atoms with Crippen molar-refractivity contribution in [3.05, 3.63) is 54.2 Å². The van der Waals surface area contributed by atoms with Crippen LogP contribution in [0.4, 0.5) is 5.69 Å². The first-order valence-corrected chi connectivity index (χ1v) is 7.22. The number of fused-ring (bicyclic) bond motifs is 1. The summed E-state index contributed by atoms with van der Waals surface area (Å²) in [6.07, 6.45) is 1.85. The van der Waals surface area contributed by atoms with E-state index < -0.39 is 0 Å². The first kappa shape index (κ1) is 13.6. The summed E-state index contributed by atoms with van der Waals surface area (Å²) in [4.78, 5) is 9.28. The van der Waals surface area contributed by atoms with Gasteiger partial charge in [-0.05, 0) is 35.7 Å². The van der Waals surface area contributed by atoms with Gasteiger partial charge in [0.15, 0.2) is 0 Å². The fourth-order valence-electron chi connectivity index (χ4n) is 2.33. The van der Waals surface area contributed by atoms with Crippen LogP contribution in [0.5, 0.6) is 0 Å². The molecular weight excluding hydrogens is 258 g/mol. The second-order valence-electron chi connectivity index (χ2n) is 5.49. The molecule has 0 saturated carbocycles. The Balaban J connectivity index is 2.02. The van der Waals surface area contributed by atoms with Gasteiger partial charge in [-0.2, -0.15) is 0 Å². The van der Waals surface area contributed by atoms with Gasteiger partial charge in [-0.15, -0.1) is 0 Å². The lowest BCUT2D eigenvalue weighted by Crippen LogP contribution is -1.92. The molecule has 0 amide bonds. The van der Waals surface area contributed by atoms with Gasteiger partial charge in [0.2, 0.25) is 0 Å². The Kier molecular flexibility index (Phi) is 3.57. The first-order valence-electron chi connectivity index (χ1n) is 7.22. The second-order valence-corrected chi connectivity index (χ2v) is 5.49. The largest absolute Gasteiger partial charge is 0.388 e. The lowest BCUT2D eigenvalue weighted by molar-refractivity contribution is 0.868. The predicted octanol–water partition coefficient (Wildman–Crippen LogP) is 4.46. The highest BCUT2D eigenvalue weighted by Gasteiger charge is 2.05. The van der Waals surface area contributed by atoms with Gasteiger partial charge in [0.05, 0.1) is 22.9 Å². The Hall–Kier alpha value is -2.42. The van der Waals surface area contributed by atoms with Crippen molar-refractivity contribution in [2.24, 2.45) is 0 Å². The molecule has 0 saturated heterocycles. The third-order valence-corrected chi connectivity index (χ3v) is 3.70. The van der Waals surface area contributed by atoms with Crippen LogP contribution in [0.2, 0.25) is 0 Å². The van der Waals surface area contributed by atoms with E-state index in [9.17, 15) is 0 Å². The summed E-state index contributed by atoms with van der Waals surface area (Å²) in [6.45, 7) is 4.37. The molecule has 3 aromatic rings. The van der Waals surface area contributed by atoms with Crippen LogP contribution in [0.1, 0.15) is 25.3 Å². The third-order valence-electron chi connectivity index (χ3n) is 3.70. The summed E-state index contributed by atoms with van der Waals surface area (Å²) in [5.41, 5.74) is 6.27. The van der Waals surface area contributed by atoms with Crippen molar-refractivity contribution in [1.29, 1.82) is 0 Å². The first-order chi connectivity index (χ1) is 10.2. The van der Waals surface area contributed by atoms with E-state index in [1.165, 1.54) is 5.56 Å². The second kappa shape index (κ2) is 5.52. The van der Waals surface area contributed by atoms with Crippen LogP contribution in [0.25, 0.3) is 22.3 Å². The number of aromatic nitrogens is 2. The zero-order valence-electron chi connectivity index (χ0n) is 12.6. The van der Waals surface area contributed by atoms with Gasteiger partial charge in [0.25, 0.3) is 0 Å². The van der Waals surface area contributed by atoms with E-state index >= 15 is 0 Å². The van der Waals surface area contributed by atoms with Crippen LogP contribution in [0, 0.1) is 0 Å². The van der Waals surface area contributed by atoms with Gasteiger partial charge in [0, 0.05) is 18.3 Å². The molecule has 1 aromatic heterocycles. The number of hydrogen-bond acceptors (Lipinski definition) is 3. The van der Waals surface area contributed by atoms with Crippen LogP contribution in [-0.2, 0) is 0 Å². The van der Waals surface area contributed by atoms with Gasteiger partial charge in [-0.3, -0.25) is 4.98 Å². The fourth-order valence-corrected chi connectivity index (χ4v) is 2.33. The number of nitrogens with zero attached hydrogens (tertiary/aromatic N) is 2. The van der Waals surface area contributed by atoms with E-state index in [0.29, 0.717) is 5.92 Å². The van der Waals surface area contributed by atoms with Crippen LogP contribution in [0.3, 0.4) is 0 Å². The molecule has 106 valence electrons. The smallest absolute Gasteiger partial charge is 0.0894 e. The lowest BCUT2D eigenvalue weighted by atomic mass is 10.0. The quantitative estimate of drug-likeness (QED) is 0.768. The Bertz CT molecular complexity index is 761. The van der Waals surface area contributed by atoms with Crippen LogP contribution >= 0.6 is 0 Å². The van der Waals surface area contributed by atoms with Crippen molar-refractivity contribution in [3.8, 4) is 11.3 Å². The van der Waals surface area contributed by atoms with Gasteiger partial charge in [0.1, 0.15) is 0 Å². The summed E-state index contributed by atoms with van der Waals surface area (Å²) in [5.74, 6) is 0.505. The number of rotatable bonds is 3. The Morgan fingerprint density at radius 1 is 0.952 bits per heavy atom. The Morgan fingerprint density at radius 2 is 1.71 bits per heavy atom. The van der Waals surface area contributed by atoms with Gasteiger partial charge in [-0.25, -0.2) is 4.98 Å². The minimum Gasteiger partial charge on any atom is -0.388 e. The summed E-state index contributed by atoms with van der Waals surface area (Å²) in [7, 11) is 1.91. The number of nitrogens with one attached hydrogen (secondary N) is 1. The van der Waals surface area contributed by atoms with Crippen molar-refractivity contribution in [2.45, 2.75) is 19.8 Å². The minimum absolute atomic E-state index is 0.505. The maximum atomic E-state index is 4.72. The molecule has 0 aliphatic rings. The number of benzene rings is 2. The van der Waals surface area contributed by atoms with E-state index in [1.807, 2.05) is 25.4 Å². The van der Waals surface area contributed by atoms with Crippen LogP contribution in [0.15, 0.2) is 48.7 Å². The van der Waals surface area contributed by atoms with Gasteiger partial charge < -0.3 is 5.32 Å². The van der Waals surface area contributed by atoms with E-state index in [2.05, 4.69) is 54.5 Å². The highest BCUT2D eigenvalue weighted by molar-refractivity contribution is 5.78. The molecule has 0 aliphatic carbocycles. The SMILES string of the molecule is CNc1ccc(-c2cnc3cc(C(C)C)ccc3n2)cc1. The molecule has 0 fully saturated rings. The average molecular weight is 277 g/mol. The molecule has 21 heavy (non-hydrogen) atoms. The highest BCUT2D eigenvalue weighted by atomic mass is 14.8.